The van der Waals surface area contributed by atoms with Gasteiger partial charge in [-0.1, -0.05) is 6.07 Å². The number of hydrogen-bond donors (Lipinski definition) is 2. The number of benzene rings is 1. The number of amides is 1. The molecular weight excluding hydrogens is 422 g/mol. The average Bonchev–Trinajstić information content (AvgIpc) is 3.14. The van der Waals surface area contributed by atoms with Gasteiger partial charge in [-0.2, -0.15) is 0 Å². The van der Waals surface area contributed by atoms with Crippen LogP contribution < -0.4 is 15.8 Å². The molecule has 3 N–H and O–H groups in total. The van der Waals surface area contributed by atoms with Crippen LogP contribution in [0.5, 0.6) is 5.75 Å². The van der Waals surface area contributed by atoms with Crippen molar-refractivity contribution < 1.29 is 19.1 Å². The Kier molecular flexibility index (Phi) is 5.97. The first-order valence-electron chi connectivity index (χ1n) is 11.0. The minimum Gasteiger partial charge on any atom is -0.495 e. The van der Waals surface area contributed by atoms with Gasteiger partial charge in [-0.05, 0) is 51.3 Å². The molecule has 1 fully saturated rings. The molecule has 9 nitrogen and oxygen atoms in total. The van der Waals surface area contributed by atoms with Crippen molar-refractivity contribution in [1.82, 2.24) is 14.5 Å². The van der Waals surface area contributed by atoms with E-state index < -0.39 is 11.7 Å². The van der Waals surface area contributed by atoms with E-state index in [1.54, 1.807) is 33.9 Å². The molecule has 1 amide bonds. The van der Waals surface area contributed by atoms with Gasteiger partial charge in [0.05, 0.1) is 18.2 Å². The molecule has 0 unspecified atom stereocenters. The number of ether oxygens (including phenoxy) is 2. The third-order valence-corrected chi connectivity index (χ3v) is 5.69. The lowest BCUT2D eigenvalue weighted by Gasteiger charge is -2.23. The summed E-state index contributed by atoms with van der Waals surface area (Å²) in [5, 5.41) is 3.49. The molecule has 1 saturated carbocycles. The van der Waals surface area contributed by atoms with Crippen molar-refractivity contribution >= 4 is 34.4 Å². The van der Waals surface area contributed by atoms with Gasteiger partial charge in [0, 0.05) is 30.6 Å². The lowest BCUT2D eigenvalue weighted by molar-refractivity contribution is -0.120. The van der Waals surface area contributed by atoms with Gasteiger partial charge in [0.2, 0.25) is 0 Å². The van der Waals surface area contributed by atoms with Crippen molar-refractivity contribution in [2.75, 3.05) is 18.2 Å². The van der Waals surface area contributed by atoms with Crippen LogP contribution in [-0.2, 0) is 9.53 Å². The van der Waals surface area contributed by atoms with E-state index in [-0.39, 0.29) is 6.04 Å². The maximum absolute atomic E-state index is 12.2. The van der Waals surface area contributed by atoms with Crippen LogP contribution in [0, 0.1) is 0 Å². The minimum absolute atomic E-state index is 0.170. The second-order valence-corrected chi connectivity index (χ2v) is 9.22. The van der Waals surface area contributed by atoms with Gasteiger partial charge in [-0.15, -0.1) is 0 Å². The summed E-state index contributed by atoms with van der Waals surface area (Å²) in [4.78, 5) is 32.6. The molecule has 2 heterocycles. The van der Waals surface area contributed by atoms with Gasteiger partial charge in [-0.25, -0.2) is 14.8 Å². The number of carbonyl (C=O) groups is 2. The van der Waals surface area contributed by atoms with Crippen molar-refractivity contribution in [2.45, 2.75) is 58.1 Å². The first kappa shape index (κ1) is 22.6. The number of nitrogen functional groups attached to an aromatic ring is 1. The summed E-state index contributed by atoms with van der Waals surface area (Å²) in [6, 6.07) is 5.65. The quantitative estimate of drug-likeness (QED) is 0.588. The normalized spacial score (nSPS) is 15.0. The second kappa shape index (κ2) is 8.73. The van der Waals surface area contributed by atoms with Crippen LogP contribution in [0.3, 0.4) is 0 Å². The first-order chi connectivity index (χ1) is 15.7. The zero-order valence-electron chi connectivity index (χ0n) is 19.3. The Hall–Kier alpha value is -3.62. The van der Waals surface area contributed by atoms with Crippen LogP contribution in [0.25, 0.3) is 22.2 Å². The van der Waals surface area contributed by atoms with Crippen LogP contribution in [0.2, 0.25) is 0 Å². The number of rotatable bonds is 4. The van der Waals surface area contributed by atoms with Crippen molar-refractivity contribution in [1.29, 1.82) is 0 Å². The molecule has 0 radical (unpaired) electrons. The number of fused-ring (bicyclic) bond motifs is 1. The number of Topliss-reactive ketones (excluding diaryl/α,β-unsaturated/α-hetero) is 1. The molecule has 2 aromatic heterocycles. The summed E-state index contributed by atoms with van der Waals surface area (Å²) in [6.45, 7) is 5.41. The molecule has 0 spiro atoms. The predicted octanol–water partition coefficient (Wildman–Crippen LogP) is 4.72. The predicted molar refractivity (Wildman–Crippen MR) is 126 cm³/mol. The van der Waals surface area contributed by atoms with Gasteiger partial charge in [-0.3, -0.25) is 10.1 Å². The van der Waals surface area contributed by atoms with Gasteiger partial charge >= 0.3 is 6.09 Å². The summed E-state index contributed by atoms with van der Waals surface area (Å²) in [5.41, 5.74) is 8.60. The number of hydrogen-bond acceptors (Lipinski definition) is 7. The fraction of sp³-hybridized carbons (Fsp3) is 0.417. The number of nitrogens with zero attached hydrogens (tertiary/aromatic N) is 3. The fourth-order valence-corrected chi connectivity index (χ4v) is 4.18. The smallest absolute Gasteiger partial charge is 0.412 e. The standard InChI is InChI=1S/C24H29N5O4/c1-24(2,3)33-23(31)28-18-10-5-14(11-19(18)32-4)17-12-29(15-6-8-16(30)9-7-15)22-20(17)21(25)26-13-27-22/h5,10-13,15H,6-9H2,1-4H3,(H,28,31)(H2,25,26,27). The largest absolute Gasteiger partial charge is 0.495 e. The van der Waals surface area contributed by atoms with Crippen LogP contribution >= 0.6 is 0 Å². The summed E-state index contributed by atoms with van der Waals surface area (Å²) >= 11 is 0. The fourth-order valence-electron chi connectivity index (χ4n) is 4.18. The van der Waals surface area contributed by atoms with E-state index in [1.807, 2.05) is 18.3 Å². The van der Waals surface area contributed by atoms with Gasteiger partial charge in [0.1, 0.15) is 34.9 Å². The lowest BCUT2D eigenvalue weighted by atomic mass is 9.94. The zero-order chi connectivity index (χ0) is 23.8. The number of nitrogens with one attached hydrogen (secondary N) is 1. The molecule has 1 aliphatic rings. The highest BCUT2D eigenvalue weighted by Crippen LogP contribution is 2.39. The molecule has 3 aromatic rings. The number of methoxy groups -OCH3 is 1. The van der Waals surface area contributed by atoms with E-state index in [4.69, 9.17) is 15.2 Å². The molecule has 0 saturated heterocycles. The number of nitrogens with two attached hydrogens (primary N) is 1. The van der Waals surface area contributed by atoms with Crippen LogP contribution in [0.15, 0.2) is 30.7 Å². The highest BCUT2D eigenvalue weighted by molar-refractivity contribution is 6.01. The van der Waals surface area contributed by atoms with Crippen molar-refractivity contribution in [3.63, 3.8) is 0 Å². The van der Waals surface area contributed by atoms with Gasteiger partial charge in [0.25, 0.3) is 0 Å². The Balaban J connectivity index is 1.73. The zero-order valence-corrected chi connectivity index (χ0v) is 19.3. The molecular formula is C24H29N5O4. The summed E-state index contributed by atoms with van der Waals surface area (Å²) < 4.78 is 13.0. The summed E-state index contributed by atoms with van der Waals surface area (Å²) in [6.07, 6.45) is 5.60. The van der Waals surface area contributed by atoms with Gasteiger partial charge < -0.3 is 19.8 Å². The first-order valence-corrected chi connectivity index (χ1v) is 11.0. The number of anilines is 2. The van der Waals surface area contributed by atoms with E-state index in [0.717, 1.165) is 35.0 Å². The average molecular weight is 452 g/mol. The Morgan fingerprint density at radius 3 is 2.61 bits per heavy atom. The molecule has 4 rings (SSSR count). The second-order valence-electron chi connectivity index (χ2n) is 9.22. The van der Waals surface area contributed by atoms with Crippen molar-refractivity contribution in [3.8, 4) is 16.9 Å². The highest BCUT2D eigenvalue weighted by atomic mass is 16.6. The molecule has 33 heavy (non-hydrogen) atoms. The molecule has 9 heteroatoms. The van der Waals surface area contributed by atoms with Crippen LogP contribution in [-0.4, -0.2) is 39.1 Å². The van der Waals surface area contributed by atoms with E-state index in [1.165, 1.54) is 6.33 Å². The van der Waals surface area contributed by atoms with E-state index >= 15 is 0 Å². The van der Waals surface area contributed by atoms with Crippen LogP contribution in [0.1, 0.15) is 52.5 Å². The Morgan fingerprint density at radius 2 is 1.94 bits per heavy atom. The molecule has 174 valence electrons. The number of carbonyl (C=O) groups excluding carboxylic acids is 2. The topological polar surface area (TPSA) is 121 Å². The third kappa shape index (κ3) is 4.76. The maximum atomic E-state index is 12.2. The monoisotopic (exact) mass is 451 g/mol. The summed E-state index contributed by atoms with van der Waals surface area (Å²) in [7, 11) is 1.54. The number of ketones is 1. The lowest BCUT2D eigenvalue weighted by Crippen LogP contribution is -2.27. The minimum atomic E-state index is -0.611. The van der Waals surface area contributed by atoms with E-state index in [0.29, 0.717) is 35.9 Å². The summed E-state index contributed by atoms with van der Waals surface area (Å²) in [5.74, 6) is 1.17. The maximum Gasteiger partial charge on any atom is 0.412 e. The number of aromatic nitrogens is 3. The van der Waals surface area contributed by atoms with Crippen molar-refractivity contribution in [3.05, 3.63) is 30.7 Å². The SMILES string of the molecule is COc1cc(-c2cn(C3CCC(=O)CC3)c3ncnc(N)c23)ccc1NC(=O)OC(C)(C)C. The Morgan fingerprint density at radius 1 is 1.21 bits per heavy atom. The Labute approximate surface area is 192 Å². The molecule has 0 aliphatic heterocycles. The van der Waals surface area contributed by atoms with Crippen LogP contribution in [0.4, 0.5) is 16.3 Å². The van der Waals surface area contributed by atoms with E-state index in [2.05, 4.69) is 19.9 Å². The third-order valence-electron chi connectivity index (χ3n) is 5.69. The molecule has 1 aromatic carbocycles. The molecule has 0 bridgehead atoms. The van der Waals surface area contributed by atoms with E-state index in [9.17, 15) is 9.59 Å². The molecule has 0 atom stereocenters. The van der Waals surface area contributed by atoms with Crippen molar-refractivity contribution in [2.24, 2.45) is 0 Å². The molecule has 1 aliphatic carbocycles. The van der Waals surface area contributed by atoms with Gasteiger partial charge in [0.15, 0.2) is 0 Å². The highest BCUT2D eigenvalue weighted by Gasteiger charge is 2.25. The Bertz CT molecular complexity index is 1200.